The van der Waals surface area contributed by atoms with E-state index in [1.165, 1.54) is 11.0 Å². The molecular formula is C8H13N5OS. The van der Waals surface area contributed by atoms with Gasteiger partial charge in [0.15, 0.2) is 0 Å². The number of carbonyl (C=O) groups is 1. The van der Waals surface area contributed by atoms with Gasteiger partial charge in [-0.25, -0.2) is 9.67 Å². The third-order valence-electron chi connectivity index (χ3n) is 1.51. The molecule has 0 unspecified atom stereocenters. The summed E-state index contributed by atoms with van der Waals surface area (Å²) < 4.78 is 1.40. The molecule has 0 aliphatic heterocycles. The molecule has 0 aliphatic carbocycles. The topological polar surface area (TPSA) is 85.8 Å². The van der Waals surface area contributed by atoms with E-state index in [-0.39, 0.29) is 29.3 Å². The predicted octanol–water partition coefficient (Wildman–Crippen LogP) is -0.563. The standard InChI is InChI=1S/C8H13N5OS/c1-5(2)11-6(14)3-13-4-10-8(12-13)7(9)15/h4-5H,3H2,1-2H3,(H2,9,15)(H,11,14). The minimum Gasteiger partial charge on any atom is -0.387 e. The number of carbonyl (C=O) groups excluding carboxylic acids is 1. The van der Waals surface area contributed by atoms with Crippen LogP contribution in [0.15, 0.2) is 6.33 Å². The van der Waals surface area contributed by atoms with Crippen molar-refractivity contribution >= 4 is 23.1 Å². The van der Waals surface area contributed by atoms with Crippen molar-refractivity contribution in [3.05, 3.63) is 12.2 Å². The van der Waals surface area contributed by atoms with Crippen LogP contribution in [0.3, 0.4) is 0 Å². The summed E-state index contributed by atoms with van der Waals surface area (Å²) in [6.45, 7) is 3.90. The zero-order chi connectivity index (χ0) is 11.4. The maximum Gasteiger partial charge on any atom is 0.241 e. The van der Waals surface area contributed by atoms with Crippen LogP contribution in [0.1, 0.15) is 19.7 Å². The fourth-order valence-electron chi connectivity index (χ4n) is 0.998. The Balaban J connectivity index is 2.57. The molecule has 1 amide bonds. The van der Waals surface area contributed by atoms with E-state index in [1.807, 2.05) is 13.8 Å². The van der Waals surface area contributed by atoms with Crippen LogP contribution in [0.25, 0.3) is 0 Å². The molecule has 0 atom stereocenters. The first-order valence-electron chi connectivity index (χ1n) is 4.47. The molecule has 1 aromatic rings. The zero-order valence-electron chi connectivity index (χ0n) is 8.60. The quantitative estimate of drug-likeness (QED) is 0.673. The highest BCUT2D eigenvalue weighted by molar-refractivity contribution is 7.80. The van der Waals surface area contributed by atoms with Crippen molar-refractivity contribution in [3.8, 4) is 0 Å². The SMILES string of the molecule is CC(C)NC(=O)Cn1cnc(C(N)=S)n1. The molecule has 0 bridgehead atoms. The van der Waals surface area contributed by atoms with Crippen LogP contribution >= 0.6 is 12.2 Å². The van der Waals surface area contributed by atoms with E-state index in [2.05, 4.69) is 15.4 Å². The Morgan fingerprint density at radius 3 is 2.87 bits per heavy atom. The second-order valence-corrected chi connectivity index (χ2v) is 3.79. The molecule has 0 aromatic carbocycles. The molecule has 1 rings (SSSR count). The van der Waals surface area contributed by atoms with Crippen LogP contribution in [-0.4, -0.2) is 31.7 Å². The fourth-order valence-corrected chi connectivity index (χ4v) is 1.09. The fraction of sp³-hybridized carbons (Fsp3) is 0.500. The third-order valence-corrected chi connectivity index (χ3v) is 1.69. The molecule has 1 aromatic heterocycles. The van der Waals surface area contributed by atoms with Crippen LogP contribution < -0.4 is 11.1 Å². The first-order chi connectivity index (χ1) is 6.99. The highest BCUT2D eigenvalue weighted by Gasteiger charge is 2.07. The van der Waals surface area contributed by atoms with Gasteiger partial charge >= 0.3 is 0 Å². The number of thiocarbonyl (C=S) groups is 1. The van der Waals surface area contributed by atoms with Gasteiger partial charge in [0.25, 0.3) is 0 Å². The van der Waals surface area contributed by atoms with Gasteiger partial charge in [-0.2, -0.15) is 0 Å². The van der Waals surface area contributed by atoms with E-state index >= 15 is 0 Å². The average molecular weight is 227 g/mol. The zero-order valence-corrected chi connectivity index (χ0v) is 9.41. The number of amides is 1. The van der Waals surface area contributed by atoms with Gasteiger partial charge in [-0.05, 0) is 13.8 Å². The lowest BCUT2D eigenvalue weighted by atomic mass is 10.4. The first-order valence-corrected chi connectivity index (χ1v) is 4.88. The molecule has 0 radical (unpaired) electrons. The van der Waals surface area contributed by atoms with E-state index in [4.69, 9.17) is 18.0 Å². The molecule has 7 heteroatoms. The summed E-state index contributed by atoms with van der Waals surface area (Å²) >= 11 is 4.70. The van der Waals surface area contributed by atoms with Crippen molar-refractivity contribution in [2.24, 2.45) is 5.73 Å². The summed E-state index contributed by atoms with van der Waals surface area (Å²) in [7, 11) is 0. The maximum absolute atomic E-state index is 11.3. The summed E-state index contributed by atoms with van der Waals surface area (Å²) in [6, 6.07) is 0.107. The molecule has 1 heterocycles. The summed E-state index contributed by atoms with van der Waals surface area (Å²) in [4.78, 5) is 15.3. The number of nitrogens with zero attached hydrogens (tertiary/aromatic N) is 3. The van der Waals surface area contributed by atoms with E-state index in [9.17, 15) is 4.79 Å². The van der Waals surface area contributed by atoms with Crippen molar-refractivity contribution in [1.82, 2.24) is 20.1 Å². The molecule has 6 nitrogen and oxygen atoms in total. The first kappa shape index (κ1) is 11.6. The van der Waals surface area contributed by atoms with Gasteiger partial charge in [-0.1, -0.05) is 12.2 Å². The number of nitrogens with two attached hydrogens (primary N) is 1. The normalized spacial score (nSPS) is 10.3. The Bertz CT molecular complexity index is 373. The van der Waals surface area contributed by atoms with Gasteiger partial charge < -0.3 is 11.1 Å². The molecule has 0 fully saturated rings. The van der Waals surface area contributed by atoms with Crippen molar-refractivity contribution in [2.45, 2.75) is 26.4 Å². The minimum atomic E-state index is -0.121. The Morgan fingerprint density at radius 2 is 2.40 bits per heavy atom. The number of nitrogens with one attached hydrogen (secondary N) is 1. The number of aromatic nitrogens is 3. The largest absolute Gasteiger partial charge is 0.387 e. The monoisotopic (exact) mass is 227 g/mol. The van der Waals surface area contributed by atoms with Gasteiger partial charge in [0, 0.05) is 6.04 Å². The van der Waals surface area contributed by atoms with Gasteiger partial charge in [0.2, 0.25) is 11.7 Å². The smallest absolute Gasteiger partial charge is 0.241 e. The van der Waals surface area contributed by atoms with Crippen molar-refractivity contribution < 1.29 is 4.79 Å². The number of hydrogen-bond donors (Lipinski definition) is 2. The van der Waals surface area contributed by atoms with Crippen LogP contribution in [0.5, 0.6) is 0 Å². The Hall–Kier alpha value is -1.50. The molecule has 82 valence electrons. The van der Waals surface area contributed by atoms with E-state index in [0.29, 0.717) is 0 Å². The van der Waals surface area contributed by atoms with E-state index < -0.39 is 0 Å². The second kappa shape index (κ2) is 4.83. The summed E-state index contributed by atoms with van der Waals surface area (Å²) in [5.74, 6) is 0.159. The van der Waals surface area contributed by atoms with Crippen LogP contribution in [0, 0.1) is 0 Å². The van der Waals surface area contributed by atoms with Crippen molar-refractivity contribution in [1.29, 1.82) is 0 Å². The lowest BCUT2D eigenvalue weighted by Gasteiger charge is -2.07. The highest BCUT2D eigenvalue weighted by atomic mass is 32.1. The molecular weight excluding hydrogens is 214 g/mol. The van der Waals surface area contributed by atoms with Gasteiger partial charge in [-0.3, -0.25) is 4.79 Å². The average Bonchev–Trinajstić information content (AvgIpc) is 2.50. The lowest BCUT2D eigenvalue weighted by Crippen LogP contribution is -2.33. The van der Waals surface area contributed by atoms with Crippen LogP contribution in [-0.2, 0) is 11.3 Å². The summed E-state index contributed by atoms with van der Waals surface area (Å²) in [5.41, 5.74) is 5.33. The second-order valence-electron chi connectivity index (χ2n) is 3.35. The van der Waals surface area contributed by atoms with Crippen molar-refractivity contribution in [3.63, 3.8) is 0 Å². The maximum atomic E-state index is 11.3. The summed E-state index contributed by atoms with van der Waals surface area (Å²) in [5, 5.41) is 6.67. The Morgan fingerprint density at radius 1 is 1.73 bits per heavy atom. The highest BCUT2D eigenvalue weighted by Crippen LogP contribution is 1.90. The third kappa shape index (κ3) is 3.62. The molecule has 15 heavy (non-hydrogen) atoms. The molecule has 3 N–H and O–H groups in total. The lowest BCUT2D eigenvalue weighted by molar-refractivity contribution is -0.122. The Kier molecular flexibility index (Phi) is 3.73. The van der Waals surface area contributed by atoms with E-state index in [0.717, 1.165) is 0 Å². The molecule has 0 saturated carbocycles. The van der Waals surface area contributed by atoms with Gasteiger partial charge in [-0.15, -0.1) is 5.10 Å². The molecule has 0 spiro atoms. The van der Waals surface area contributed by atoms with Crippen molar-refractivity contribution in [2.75, 3.05) is 0 Å². The summed E-state index contributed by atoms with van der Waals surface area (Å²) in [6.07, 6.45) is 1.42. The van der Waals surface area contributed by atoms with Crippen LogP contribution in [0.2, 0.25) is 0 Å². The number of hydrogen-bond acceptors (Lipinski definition) is 4. The van der Waals surface area contributed by atoms with Gasteiger partial charge in [0.05, 0.1) is 0 Å². The number of rotatable bonds is 4. The van der Waals surface area contributed by atoms with Crippen LogP contribution in [0.4, 0.5) is 0 Å². The Labute approximate surface area is 92.9 Å². The molecule has 0 saturated heterocycles. The van der Waals surface area contributed by atoms with Gasteiger partial charge in [0.1, 0.15) is 17.9 Å². The minimum absolute atomic E-state index is 0.107. The predicted molar refractivity (Wildman–Crippen MR) is 59.2 cm³/mol. The molecule has 0 aliphatic rings. The van der Waals surface area contributed by atoms with E-state index in [1.54, 1.807) is 0 Å².